The first-order valence-electron chi connectivity index (χ1n) is 15.2. The van der Waals surface area contributed by atoms with Crippen molar-refractivity contribution in [1.82, 2.24) is 0 Å². The van der Waals surface area contributed by atoms with Gasteiger partial charge in [0.25, 0.3) is 0 Å². The van der Waals surface area contributed by atoms with Crippen molar-refractivity contribution in [2.75, 3.05) is 6.61 Å². The SMILES string of the molecule is CC(=O)O[C@@]12COC1C[C@H](C)[C@@]1(C)C(=O)[C@H](C)C3C(C)(C)C34C(C)C(=O)[C@@H]3OC(=O)O[C@@]34[C@@H](OC(=O)c3ccccc3)[C@@H]12. The van der Waals surface area contributed by atoms with Crippen LogP contribution in [-0.2, 0) is 38.1 Å². The Morgan fingerprint density at radius 3 is 2.26 bits per heavy atom. The Balaban J connectivity index is 1.56. The highest BCUT2D eigenvalue weighted by atomic mass is 16.8. The molecule has 0 N–H and O–H groups in total. The van der Waals surface area contributed by atoms with Crippen LogP contribution >= 0.6 is 0 Å². The summed E-state index contributed by atoms with van der Waals surface area (Å²) >= 11 is 0. The van der Waals surface area contributed by atoms with Gasteiger partial charge >= 0.3 is 18.1 Å². The number of carbonyl (C=O) groups excluding carboxylic acids is 5. The van der Waals surface area contributed by atoms with Gasteiger partial charge in [0.15, 0.2) is 17.5 Å². The van der Waals surface area contributed by atoms with Crippen LogP contribution < -0.4 is 0 Å². The molecule has 0 aromatic heterocycles. The molecule has 6 fully saturated rings. The first kappa shape index (κ1) is 28.5. The zero-order valence-electron chi connectivity index (χ0n) is 25.5. The van der Waals surface area contributed by atoms with E-state index >= 15 is 0 Å². The lowest BCUT2D eigenvalue weighted by molar-refractivity contribution is -0.336. The van der Waals surface area contributed by atoms with E-state index in [2.05, 4.69) is 0 Å². The van der Waals surface area contributed by atoms with Crippen LogP contribution in [0, 0.1) is 45.8 Å². The second-order valence-corrected chi connectivity index (χ2v) is 14.4. The number of hydrogen-bond acceptors (Lipinski definition) is 10. The molecule has 2 heterocycles. The van der Waals surface area contributed by atoms with Crippen molar-refractivity contribution in [3.8, 4) is 0 Å². The van der Waals surface area contributed by atoms with Crippen LogP contribution in [0.25, 0.3) is 0 Å². The second-order valence-electron chi connectivity index (χ2n) is 14.4. The van der Waals surface area contributed by atoms with Crippen molar-refractivity contribution in [3.63, 3.8) is 0 Å². The molecule has 2 saturated heterocycles. The molecule has 10 nitrogen and oxygen atoms in total. The molecule has 7 rings (SSSR count). The summed E-state index contributed by atoms with van der Waals surface area (Å²) in [5.41, 5.74) is -5.90. The first-order valence-corrected chi connectivity index (χ1v) is 15.2. The lowest BCUT2D eigenvalue weighted by Gasteiger charge is -2.65. The number of carbonyl (C=O) groups is 5. The van der Waals surface area contributed by atoms with E-state index in [9.17, 15) is 24.0 Å². The molecule has 230 valence electrons. The molecule has 1 aromatic rings. The highest BCUT2D eigenvalue weighted by Gasteiger charge is 2.96. The molecule has 2 aliphatic heterocycles. The van der Waals surface area contributed by atoms with Crippen LogP contribution in [0.2, 0.25) is 0 Å². The van der Waals surface area contributed by atoms with Crippen LogP contribution in [-0.4, -0.2) is 65.8 Å². The summed E-state index contributed by atoms with van der Waals surface area (Å²) in [6, 6.07) is 8.37. The third-order valence-electron chi connectivity index (χ3n) is 12.7. The van der Waals surface area contributed by atoms with Gasteiger partial charge < -0.3 is 23.7 Å². The molecular weight excluding hydrogens is 556 g/mol. The van der Waals surface area contributed by atoms with Gasteiger partial charge in [-0.3, -0.25) is 14.4 Å². The zero-order chi connectivity index (χ0) is 31.1. The number of hydrogen-bond donors (Lipinski definition) is 0. The molecular formula is C33H38O10. The van der Waals surface area contributed by atoms with E-state index in [1.165, 1.54) is 6.92 Å². The summed E-state index contributed by atoms with van der Waals surface area (Å²) in [6.07, 6.45) is -3.95. The maximum atomic E-state index is 15.0. The monoisotopic (exact) mass is 594 g/mol. The third kappa shape index (κ3) is 2.97. The first-order chi connectivity index (χ1) is 20.1. The summed E-state index contributed by atoms with van der Waals surface area (Å²) < 4.78 is 30.7. The van der Waals surface area contributed by atoms with Crippen molar-refractivity contribution in [3.05, 3.63) is 35.9 Å². The van der Waals surface area contributed by atoms with E-state index in [-0.39, 0.29) is 35.6 Å². The van der Waals surface area contributed by atoms with Gasteiger partial charge in [-0.05, 0) is 35.8 Å². The van der Waals surface area contributed by atoms with E-state index < -0.39 is 81.6 Å². The molecule has 0 bridgehead atoms. The van der Waals surface area contributed by atoms with Gasteiger partial charge in [0.2, 0.25) is 11.7 Å². The third-order valence-corrected chi connectivity index (χ3v) is 12.7. The predicted molar refractivity (Wildman–Crippen MR) is 147 cm³/mol. The van der Waals surface area contributed by atoms with Crippen LogP contribution in [0.1, 0.15) is 65.2 Å². The van der Waals surface area contributed by atoms with Crippen LogP contribution in [0.4, 0.5) is 4.79 Å². The number of esters is 2. The molecule has 4 aliphatic carbocycles. The zero-order valence-corrected chi connectivity index (χ0v) is 25.5. The maximum absolute atomic E-state index is 15.0. The fourth-order valence-electron chi connectivity index (χ4n) is 11.1. The molecule has 12 atom stereocenters. The maximum Gasteiger partial charge on any atom is 0.510 e. The average molecular weight is 595 g/mol. The fourth-order valence-corrected chi connectivity index (χ4v) is 11.1. The summed E-state index contributed by atoms with van der Waals surface area (Å²) in [4.78, 5) is 69.1. The summed E-state index contributed by atoms with van der Waals surface area (Å²) in [5, 5.41) is 0. The Labute approximate surface area is 250 Å². The Bertz CT molecular complexity index is 1470. The number of ether oxygens (including phenoxy) is 5. The number of benzene rings is 1. The Morgan fingerprint density at radius 2 is 1.65 bits per heavy atom. The van der Waals surface area contributed by atoms with Gasteiger partial charge in [-0.25, -0.2) is 9.59 Å². The fraction of sp³-hybridized carbons (Fsp3) is 0.667. The molecule has 2 spiro atoms. The van der Waals surface area contributed by atoms with Crippen molar-refractivity contribution in [2.45, 2.75) is 84.4 Å². The standard InChI is InChI=1S/C33H38O10/c1-15-13-20-31(14-39-20,42-18(4)34)23-26(40-27(37)19-11-9-8-10-12-19)33-25(41-28(38)43-33)21(35)17(3)32(33)22(29(32,5)6)16(2)24(36)30(15,23)7/h8-12,15-17,20,22-23,25-26H,13-14H2,1-7H3/t15-,16+,17?,20?,22?,23-,25-,26-,30+,31-,32?,33+/m0/s1. The van der Waals surface area contributed by atoms with Gasteiger partial charge in [0.1, 0.15) is 11.9 Å². The summed E-state index contributed by atoms with van der Waals surface area (Å²) in [5.74, 6) is -4.60. The van der Waals surface area contributed by atoms with Gasteiger partial charge in [-0.15, -0.1) is 0 Å². The molecule has 4 unspecified atom stereocenters. The Hall–Kier alpha value is -3.27. The van der Waals surface area contributed by atoms with E-state index in [0.717, 1.165) is 0 Å². The minimum absolute atomic E-state index is 0.0376. The topological polar surface area (TPSA) is 132 Å². The van der Waals surface area contributed by atoms with Crippen molar-refractivity contribution in [2.24, 2.45) is 45.8 Å². The van der Waals surface area contributed by atoms with Crippen molar-refractivity contribution >= 4 is 29.7 Å². The average Bonchev–Trinajstić information content (AvgIpc) is 3.18. The second kappa shape index (κ2) is 8.46. The summed E-state index contributed by atoms with van der Waals surface area (Å²) in [7, 11) is 0. The lowest BCUT2D eigenvalue weighted by atomic mass is 9.46. The van der Waals surface area contributed by atoms with E-state index in [1.807, 2.05) is 34.6 Å². The van der Waals surface area contributed by atoms with E-state index in [1.54, 1.807) is 37.3 Å². The van der Waals surface area contributed by atoms with Gasteiger partial charge in [-0.1, -0.05) is 59.7 Å². The number of Topliss-reactive ketones (excluding diaryl/α,β-unsaturated/α-hetero) is 2. The number of ketones is 2. The highest BCUT2D eigenvalue weighted by Crippen LogP contribution is 2.86. The molecule has 43 heavy (non-hydrogen) atoms. The Kier molecular flexibility index (Phi) is 5.61. The van der Waals surface area contributed by atoms with E-state index in [0.29, 0.717) is 6.42 Å². The minimum atomic E-state index is -1.77. The lowest BCUT2D eigenvalue weighted by Crippen LogP contribution is -2.79. The molecule has 0 amide bonds. The van der Waals surface area contributed by atoms with Gasteiger partial charge in [0, 0.05) is 29.6 Å². The molecule has 6 aliphatic rings. The van der Waals surface area contributed by atoms with Crippen molar-refractivity contribution in [1.29, 1.82) is 0 Å². The normalized spacial score (nSPS) is 48.4. The van der Waals surface area contributed by atoms with E-state index in [4.69, 9.17) is 23.7 Å². The predicted octanol–water partition coefficient (Wildman–Crippen LogP) is 3.93. The number of rotatable bonds is 3. The van der Waals surface area contributed by atoms with Crippen LogP contribution in [0.5, 0.6) is 0 Å². The largest absolute Gasteiger partial charge is 0.510 e. The summed E-state index contributed by atoms with van der Waals surface area (Å²) in [6.45, 7) is 12.7. The number of fused-ring (bicyclic) bond motifs is 3. The molecule has 1 aromatic carbocycles. The molecule has 0 radical (unpaired) electrons. The van der Waals surface area contributed by atoms with Crippen LogP contribution in [0.3, 0.4) is 0 Å². The molecule has 10 heteroatoms. The highest BCUT2D eigenvalue weighted by molar-refractivity contribution is 5.98. The van der Waals surface area contributed by atoms with Gasteiger partial charge in [-0.2, -0.15) is 0 Å². The molecule has 4 saturated carbocycles. The van der Waals surface area contributed by atoms with Gasteiger partial charge in [0.05, 0.1) is 18.1 Å². The smallest absolute Gasteiger partial charge is 0.454 e. The van der Waals surface area contributed by atoms with Crippen molar-refractivity contribution < 1.29 is 47.7 Å². The Morgan fingerprint density at radius 1 is 0.977 bits per heavy atom. The van der Waals surface area contributed by atoms with Crippen LogP contribution in [0.15, 0.2) is 30.3 Å². The minimum Gasteiger partial charge on any atom is -0.454 e. The quantitative estimate of drug-likeness (QED) is 0.375.